The molecule has 0 saturated carbocycles. The number of likely N-dealkylation sites (N-methyl/N-ethyl adjacent to an activating group) is 1. The summed E-state index contributed by atoms with van der Waals surface area (Å²) in [5.41, 5.74) is 0. The van der Waals surface area contributed by atoms with E-state index in [-0.39, 0.29) is 0 Å². The summed E-state index contributed by atoms with van der Waals surface area (Å²) in [4.78, 5) is 4.74. The molecule has 2 saturated heterocycles. The van der Waals surface area contributed by atoms with E-state index in [4.69, 9.17) is 0 Å². The Morgan fingerprint density at radius 3 is 1.64 bits per heavy atom. The van der Waals surface area contributed by atoms with E-state index in [9.17, 15) is 0 Å². The van der Waals surface area contributed by atoms with Gasteiger partial charge in [0.25, 0.3) is 0 Å². The zero-order chi connectivity index (χ0) is 8.10. The van der Waals surface area contributed by atoms with Gasteiger partial charge in [0.15, 0.2) is 0 Å². The van der Waals surface area contributed by atoms with E-state index in [0.717, 1.165) is 0 Å². The van der Waals surface area contributed by atoms with Gasteiger partial charge in [0.2, 0.25) is 0 Å². The van der Waals surface area contributed by atoms with Crippen LogP contribution >= 0.6 is 0 Å². The number of likely N-dealkylation sites (tertiary alicyclic amines) is 1. The van der Waals surface area contributed by atoms with Gasteiger partial charge in [-0.1, -0.05) is 6.92 Å². The van der Waals surface area contributed by atoms with Gasteiger partial charge in [-0.25, -0.2) is 0 Å². The monoisotopic (exact) mass is 156 g/mol. The van der Waals surface area contributed by atoms with Gasteiger partial charge in [-0.05, 0) is 39.5 Å². The molecule has 11 heavy (non-hydrogen) atoms. The van der Waals surface area contributed by atoms with Crippen molar-refractivity contribution in [2.45, 2.75) is 19.8 Å². The molecular formula is C9H20N2. The Labute approximate surface area is 70.2 Å². The SMILES string of the molecule is CCN1CCCC1.CN1CC1. The lowest BCUT2D eigenvalue weighted by Crippen LogP contribution is -2.17. The fourth-order valence-electron chi connectivity index (χ4n) is 1.20. The molecule has 0 aromatic rings. The van der Waals surface area contributed by atoms with Crippen molar-refractivity contribution in [2.24, 2.45) is 0 Å². The predicted octanol–water partition coefficient (Wildman–Crippen LogP) is 1.03. The van der Waals surface area contributed by atoms with Crippen molar-refractivity contribution in [1.82, 2.24) is 9.80 Å². The summed E-state index contributed by atoms with van der Waals surface area (Å²) >= 11 is 0. The summed E-state index contributed by atoms with van der Waals surface area (Å²) in [6, 6.07) is 0. The molecule has 0 atom stereocenters. The maximum atomic E-state index is 2.49. The molecule has 0 aliphatic carbocycles. The van der Waals surface area contributed by atoms with Gasteiger partial charge in [0.05, 0.1) is 0 Å². The molecule has 66 valence electrons. The van der Waals surface area contributed by atoms with Crippen LogP contribution in [0.1, 0.15) is 19.8 Å². The molecule has 2 rings (SSSR count). The number of hydrogen-bond donors (Lipinski definition) is 0. The maximum absolute atomic E-state index is 2.49. The quantitative estimate of drug-likeness (QED) is 0.523. The normalized spacial score (nSPS) is 24.5. The first-order valence-corrected chi connectivity index (χ1v) is 4.74. The van der Waals surface area contributed by atoms with Crippen molar-refractivity contribution >= 4 is 0 Å². The highest BCUT2D eigenvalue weighted by atomic mass is 15.2. The fourth-order valence-corrected chi connectivity index (χ4v) is 1.20. The van der Waals surface area contributed by atoms with E-state index in [0.29, 0.717) is 0 Å². The molecule has 0 unspecified atom stereocenters. The zero-order valence-electron chi connectivity index (χ0n) is 7.84. The highest BCUT2D eigenvalue weighted by molar-refractivity contribution is 4.64. The summed E-state index contributed by atoms with van der Waals surface area (Å²) < 4.78 is 0. The number of hydrogen-bond acceptors (Lipinski definition) is 2. The van der Waals surface area contributed by atoms with Gasteiger partial charge < -0.3 is 9.80 Å². The highest BCUT2D eigenvalue weighted by Crippen LogP contribution is 2.04. The van der Waals surface area contributed by atoms with Crippen LogP contribution in [0, 0.1) is 0 Å². The molecule has 0 bridgehead atoms. The third-order valence-electron chi connectivity index (χ3n) is 2.32. The largest absolute Gasteiger partial charge is 0.304 e. The van der Waals surface area contributed by atoms with Crippen LogP contribution in [0.5, 0.6) is 0 Å². The van der Waals surface area contributed by atoms with Crippen molar-refractivity contribution in [3.8, 4) is 0 Å². The molecule has 0 aromatic carbocycles. The van der Waals surface area contributed by atoms with E-state index >= 15 is 0 Å². The molecule has 0 spiro atoms. The summed E-state index contributed by atoms with van der Waals surface area (Å²) in [6.45, 7) is 8.80. The summed E-state index contributed by atoms with van der Waals surface area (Å²) in [7, 11) is 2.11. The minimum atomic E-state index is 1.25. The van der Waals surface area contributed by atoms with Crippen LogP contribution in [0.4, 0.5) is 0 Å². The first-order chi connectivity index (χ1) is 5.33. The van der Waals surface area contributed by atoms with Gasteiger partial charge in [0.1, 0.15) is 0 Å². The van der Waals surface area contributed by atoms with Gasteiger partial charge in [-0.2, -0.15) is 0 Å². The second-order valence-corrected chi connectivity index (χ2v) is 3.44. The van der Waals surface area contributed by atoms with Crippen LogP contribution in [0.3, 0.4) is 0 Å². The molecule has 2 aliphatic rings. The summed E-state index contributed by atoms with van der Waals surface area (Å²) in [5.74, 6) is 0. The lowest BCUT2D eigenvalue weighted by atomic mass is 10.4. The van der Waals surface area contributed by atoms with Crippen LogP contribution < -0.4 is 0 Å². The van der Waals surface area contributed by atoms with Crippen LogP contribution in [0.25, 0.3) is 0 Å². The first-order valence-electron chi connectivity index (χ1n) is 4.74. The van der Waals surface area contributed by atoms with Gasteiger partial charge in [0, 0.05) is 13.1 Å². The van der Waals surface area contributed by atoms with Crippen LogP contribution in [0.15, 0.2) is 0 Å². The molecule has 2 nitrogen and oxygen atoms in total. The Morgan fingerprint density at radius 1 is 1.00 bits per heavy atom. The molecule has 2 fully saturated rings. The fraction of sp³-hybridized carbons (Fsp3) is 1.00. The number of nitrogens with zero attached hydrogens (tertiary/aromatic N) is 2. The Hall–Kier alpha value is -0.0800. The molecule has 2 heteroatoms. The van der Waals surface area contributed by atoms with Crippen molar-refractivity contribution < 1.29 is 0 Å². The van der Waals surface area contributed by atoms with Crippen molar-refractivity contribution in [3.05, 3.63) is 0 Å². The Morgan fingerprint density at radius 2 is 1.45 bits per heavy atom. The third-order valence-corrected chi connectivity index (χ3v) is 2.32. The molecule has 2 heterocycles. The highest BCUT2D eigenvalue weighted by Gasteiger charge is 2.07. The van der Waals surface area contributed by atoms with E-state index in [1.165, 1.54) is 45.6 Å². The van der Waals surface area contributed by atoms with Crippen LogP contribution in [-0.4, -0.2) is 49.6 Å². The van der Waals surface area contributed by atoms with Crippen LogP contribution in [0.2, 0.25) is 0 Å². The summed E-state index contributed by atoms with van der Waals surface area (Å²) in [5, 5.41) is 0. The Balaban J connectivity index is 0.000000128. The minimum Gasteiger partial charge on any atom is -0.304 e. The molecule has 2 aliphatic heterocycles. The van der Waals surface area contributed by atoms with Crippen molar-refractivity contribution in [2.75, 3.05) is 39.8 Å². The standard InChI is InChI=1S/C6H13N.C3H7N/c1-2-7-5-3-4-6-7;1-4-2-3-4/h2-6H2,1H3;2-3H2,1H3. The van der Waals surface area contributed by atoms with Crippen LogP contribution in [-0.2, 0) is 0 Å². The van der Waals surface area contributed by atoms with Gasteiger partial charge in [-0.15, -0.1) is 0 Å². The van der Waals surface area contributed by atoms with E-state index < -0.39 is 0 Å². The smallest absolute Gasteiger partial charge is 0.0107 e. The second kappa shape index (κ2) is 4.73. The number of rotatable bonds is 1. The first kappa shape index (κ1) is 9.01. The van der Waals surface area contributed by atoms with E-state index in [2.05, 4.69) is 23.8 Å². The molecule has 0 N–H and O–H groups in total. The maximum Gasteiger partial charge on any atom is 0.0107 e. The second-order valence-electron chi connectivity index (χ2n) is 3.44. The lowest BCUT2D eigenvalue weighted by Gasteiger charge is -2.08. The van der Waals surface area contributed by atoms with Crippen molar-refractivity contribution in [3.63, 3.8) is 0 Å². The summed E-state index contributed by atoms with van der Waals surface area (Å²) in [6.07, 6.45) is 2.85. The lowest BCUT2D eigenvalue weighted by molar-refractivity contribution is 0.359. The minimum absolute atomic E-state index is 1.25. The Kier molecular flexibility index (Phi) is 3.87. The van der Waals surface area contributed by atoms with Gasteiger partial charge >= 0.3 is 0 Å². The molecule has 0 aromatic heterocycles. The van der Waals surface area contributed by atoms with Gasteiger partial charge in [-0.3, -0.25) is 0 Å². The third kappa shape index (κ3) is 4.38. The average Bonchev–Trinajstić information content (AvgIpc) is 2.66. The zero-order valence-corrected chi connectivity index (χ0v) is 7.84. The van der Waals surface area contributed by atoms with Crippen molar-refractivity contribution in [1.29, 1.82) is 0 Å². The molecular weight excluding hydrogens is 136 g/mol. The Bertz CT molecular complexity index is 93.7. The van der Waals surface area contributed by atoms with E-state index in [1.807, 2.05) is 0 Å². The topological polar surface area (TPSA) is 6.25 Å². The predicted molar refractivity (Wildman–Crippen MR) is 48.8 cm³/mol. The van der Waals surface area contributed by atoms with E-state index in [1.54, 1.807) is 0 Å². The molecule has 0 radical (unpaired) electrons. The molecule has 0 amide bonds. The average molecular weight is 156 g/mol.